The van der Waals surface area contributed by atoms with E-state index in [1.54, 1.807) is 18.0 Å². The van der Waals surface area contributed by atoms with Gasteiger partial charge in [-0.25, -0.2) is 4.79 Å². The molecule has 0 bridgehead atoms. The average molecular weight is 447 g/mol. The average Bonchev–Trinajstić information content (AvgIpc) is 2.99. The van der Waals surface area contributed by atoms with Crippen molar-refractivity contribution in [1.82, 2.24) is 9.47 Å². The first kappa shape index (κ1) is 22.5. The molecular weight excluding hydrogens is 422 g/mol. The SMILES string of the molecule is Cn1c(=O)oc2ccc(-c3ccc(C[C@@H](C#N)CC(=O)[C@H]4CN(C=O)CCCO4)cc3)cc21. The molecule has 3 aromatic rings. The lowest BCUT2D eigenvalue weighted by Crippen LogP contribution is -2.36. The number of amides is 1. The van der Waals surface area contributed by atoms with E-state index in [-0.39, 0.29) is 18.7 Å². The largest absolute Gasteiger partial charge is 0.419 e. The molecule has 1 fully saturated rings. The van der Waals surface area contributed by atoms with Crippen molar-refractivity contribution in [3.8, 4) is 17.2 Å². The zero-order valence-corrected chi connectivity index (χ0v) is 18.4. The van der Waals surface area contributed by atoms with Crippen molar-refractivity contribution in [1.29, 1.82) is 5.26 Å². The Morgan fingerprint density at radius 2 is 2.00 bits per heavy atom. The van der Waals surface area contributed by atoms with Crippen molar-refractivity contribution in [2.24, 2.45) is 13.0 Å². The fraction of sp³-hybridized carbons (Fsp3) is 0.360. The van der Waals surface area contributed by atoms with Crippen LogP contribution in [0.5, 0.6) is 0 Å². The van der Waals surface area contributed by atoms with Crippen LogP contribution in [0.1, 0.15) is 18.4 Å². The number of nitriles is 1. The number of aromatic nitrogens is 1. The number of Topliss-reactive ketones (excluding diaryl/α,β-unsaturated/α-hetero) is 1. The van der Waals surface area contributed by atoms with Gasteiger partial charge in [-0.15, -0.1) is 0 Å². The summed E-state index contributed by atoms with van der Waals surface area (Å²) >= 11 is 0. The summed E-state index contributed by atoms with van der Waals surface area (Å²) in [6, 6.07) is 15.6. The van der Waals surface area contributed by atoms with Crippen LogP contribution in [0, 0.1) is 17.2 Å². The van der Waals surface area contributed by atoms with E-state index in [0.29, 0.717) is 31.6 Å². The van der Waals surface area contributed by atoms with Gasteiger partial charge >= 0.3 is 5.76 Å². The maximum absolute atomic E-state index is 12.7. The van der Waals surface area contributed by atoms with Gasteiger partial charge in [-0.05, 0) is 41.7 Å². The van der Waals surface area contributed by atoms with Crippen molar-refractivity contribution >= 4 is 23.3 Å². The van der Waals surface area contributed by atoms with Gasteiger partial charge in [-0.3, -0.25) is 14.2 Å². The molecule has 8 nitrogen and oxygen atoms in total. The lowest BCUT2D eigenvalue weighted by Gasteiger charge is -2.20. The third-order valence-electron chi connectivity index (χ3n) is 6.01. The number of hydrogen-bond acceptors (Lipinski definition) is 6. The van der Waals surface area contributed by atoms with E-state index < -0.39 is 17.8 Å². The zero-order chi connectivity index (χ0) is 23.4. The molecule has 0 N–H and O–H groups in total. The van der Waals surface area contributed by atoms with E-state index in [9.17, 15) is 19.6 Å². The van der Waals surface area contributed by atoms with Crippen LogP contribution in [-0.4, -0.2) is 47.5 Å². The van der Waals surface area contributed by atoms with Crippen LogP contribution >= 0.6 is 0 Å². The molecule has 1 aliphatic heterocycles. The standard InChI is InChI=1S/C25H25N3O5/c1-27-21-13-20(7-8-23(21)33-25(27)31)19-5-3-17(4-6-19)11-18(14-26)12-22(30)24-15-28(16-29)9-2-10-32-24/h3-8,13,16,18,24H,2,9-12,15H2,1H3/t18-,24-/m1/s1. The monoisotopic (exact) mass is 447 g/mol. The van der Waals surface area contributed by atoms with Gasteiger partial charge in [-0.2, -0.15) is 5.26 Å². The van der Waals surface area contributed by atoms with Crippen LogP contribution in [0.4, 0.5) is 0 Å². The lowest BCUT2D eigenvalue weighted by atomic mass is 9.93. The van der Waals surface area contributed by atoms with E-state index in [2.05, 4.69) is 6.07 Å². The molecule has 2 atom stereocenters. The first-order valence-electron chi connectivity index (χ1n) is 10.9. The number of hydrogen-bond donors (Lipinski definition) is 0. The Kier molecular flexibility index (Phi) is 6.71. The molecule has 33 heavy (non-hydrogen) atoms. The normalized spacial score (nSPS) is 17.3. The summed E-state index contributed by atoms with van der Waals surface area (Å²) in [4.78, 5) is 37.1. The topological polar surface area (TPSA) is 106 Å². The molecular formula is C25H25N3O5. The van der Waals surface area contributed by atoms with Crippen LogP contribution in [0.15, 0.2) is 51.7 Å². The maximum Gasteiger partial charge on any atom is 0.419 e. The predicted octanol–water partition coefficient (Wildman–Crippen LogP) is 2.69. The fourth-order valence-corrected chi connectivity index (χ4v) is 4.10. The summed E-state index contributed by atoms with van der Waals surface area (Å²) in [5.41, 5.74) is 4.13. The number of oxazole rings is 1. The Labute approximate surface area is 191 Å². The summed E-state index contributed by atoms with van der Waals surface area (Å²) < 4.78 is 12.3. The molecule has 2 aromatic carbocycles. The third kappa shape index (κ3) is 5.04. The van der Waals surface area contributed by atoms with Crippen molar-refractivity contribution in [2.75, 3.05) is 19.7 Å². The number of ether oxygens (including phenoxy) is 1. The molecule has 0 spiro atoms. The van der Waals surface area contributed by atoms with E-state index in [0.717, 1.165) is 28.6 Å². The first-order valence-corrected chi connectivity index (χ1v) is 10.9. The van der Waals surface area contributed by atoms with Crippen LogP contribution in [0.3, 0.4) is 0 Å². The van der Waals surface area contributed by atoms with Crippen molar-refractivity contribution in [3.05, 3.63) is 58.6 Å². The smallest absolute Gasteiger partial charge is 0.408 e. The quantitative estimate of drug-likeness (QED) is 0.516. The summed E-state index contributed by atoms with van der Waals surface area (Å²) in [7, 11) is 1.67. The molecule has 8 heteroatoms. The van der Waals surface area contributed by atoms with Gasteiger partial charge in [-0.1, -0.05) is 30.3 Å². The van der Waals surface area contributed by atoms with Crippen LogP contribution in [0.25, 0.3) is 22.2 Å². The molecule has 1 aliphatic rings. The number of ketones is 1. The molecule has 1 amide bonds. The Balaban J connectivity index is 1.42. The molecule has 0 unspecified atom stereocenters. The molecule has 0 radical (unpaired) electrons. The molecule has 170 valence electrons. The van der Waals surface area contributed by atoms with Gasteiger partial charge in [0, 0.05) is 26.6 Å². The second-order valence-electron chi connectivity index (χ2n) is 8.32. The highest BCUT2D eigenvalue weighted by Crippen LogP contribution is 2.25. The van der Waals surface area contributed by atoms with E-state index in [1.807, 2.05) is 36.4 Å². The number of fused-ring (bicyclic) bond motifs is 1. The molecule has 2 heterocycles. The van der Waals surface area contributed by atoms with Gasteiger partial charge < -0.3 is 14.1 Å². The minimum atomic E-state index is -0.676. The molecule has 1 aromatic heterocycles. The lowest BCUT2D eigenvalue weighted by molar-refractivity contribution is -0.132. The van der Waals surface area contributed by atoms with Gasteiger partial charge in [0.2, 0.25) is 6.41 Å². The Hall–Kier alpha value is -3.70. The van der Waals surface area contributed by atoms with Crippen LogP contribution in [-0.2, 0) is 27.8 Å². The summed E-state index contributed by atoms with van der Waals surface area (Å²) in [5.74, 6) is -1.02. The van der Waals surface area contributed by atoms with Gasteiger partial charge in [0.25, 0.3) is 0 Å². The number of carbonyl (C=O) groups excluding carboxylic acids is 2. The van der Waals surface area contributed by atoms with E-state index in [4.69, 9.17) is 9.15 Å². The highest BCUT2D eigenvalue weighted by atomic mass is 16.5. The Morgan fingerprint density at radius 3 is 2.73 bits per heavy atom. The van der Waals surface area contributed by atoms with Crippen LogP contribution in [0.2, 0.25) is 0 Å². The second kappa shape index (κ2) is 9.84. The van der Waals surface area contributed by atoms with Crippen molar-refractivity contribution in [3.63, 3.8) is 0 Å². The Bertz CT molecular complexity index is 1250. The second-order valence-corrected chi connectivity index (χ2v) is 8.32. The highest BCUT2D eigenvalue weighted by Gasteiger charge is 2.26. The van der Waals surface area contributed by atoms with E-state index in [1.165, 1.54) is 4.57 Å². The first-order chi connectivity index (χ1) is 16.0. The predicted molar refractivity (Wildman–Crippen MR) is 121 cm³/mol. The van der Waals surface area contributed by atoms with E-state index >= 15 is 0 Å². The Morgan fingerprint density at radius 1 is 1.24 bits per heavy atom. The van der Waals surface area contributed by atoms with Crippen molar-refractivity contribution in [2.45, 2.75) is 25.4 Å². The summed E-state index contributed by atoms with van der Waals surface area (Å²) in [6.45, 7) is 1.24. The number of aryl methyl sites for hydroxylation is 1. The number of carbonyl (C=O) groups is 2. The fourth-order valence-electron chi connectivity index (χ4n) is 4.10. The molecule has 1 saturated heterocycles. The number of benzene rings is 2. The minimum Gasteiger partial charge on any atom is -0.408 e. The van der Waals surface area contributed by atoms with Gasteiger partial charge in [0.15, 0.2) is 11.4 Å². The zero-order valence-electron chi connectivity index (χ0n) is 18.4. The number of nitrogens with zero attached hydrogens (tertiary/aromatic N) is 3. The molecule has 0 saturated carbocycles. The summed E-state index contributed by atoms with van der Waals surface area (Å²) in [5, 5.41) is 9.60. The van der Waals surface area contributed by atoms with Crippen LogP contribution < -0.4 is 5.76 Å². The maximum atomic E-state index is 12.7. The number of rotatable bonds is 7. The molecule has 4 rings (SSSR count). The van der Waals surface area contributed by atoms with Gasteiger partial charge in [0.1, 0.15) is 6.10 Å². The van der Waals surface area contributed by atoms with Gasteiger partial charge in [0.05, 0.1) is 24.0 Å². The third-order valence-corrected chi connectivity index (χ3v) is 6.01. The van der Waals surface area contributed by atoms with Crippen molar-refractivity contribution < 1.29 is 18.7 Å². The molecule has 0 aliphatic carbocycles. The highest BCUT2D eigenvalue weighted by molar-refractivity contribution is 5.84. The summed E-state index contributed by atoms with van der Waals surface area (Å²) in [6.07, 6.45) is 1.29. The minimum absolute atomic E-state index is 0.0841.